The number of carbonyl (C=O) groups is 3. The fourth-order valence-corrected chi connectivity index (χ4v) is 5.34. The lowest BCUT2D eigenvalue weighted by Crippen LogP contribution is -2.54. The van der Waals surface area contributed by atoms with E-state index in [0.29, 0.717) is 4.31 Å². The monoisotopic (exact) mass is 570 g/mol. The van der Waals surface area contributed by atoms with Crippen molar-refractivity contribution in [2.45, 2.75) is 18.0 Å². The van der Waals surface area contributed by atoms with Crippen molar-refractivity contribution in [1.82, 2.24) is 18.8 Å². The fourth-order valence-electron chi connectivity index (χ4n) is 3.80. The van der Waals surface area contributed by atoms with E-state index in [9.17, 15) is 37.7 Å². The lowest BCUT2D eigenvalue weighted by Gasteiger charge is -2.33. The highest BCUT2D eigenvalue weighted by molar-refractivity contribution is 7.89. The van der Waals surface area contributed by atoms with E-state index >= 15 is 0 Å². The molecule has 1 saturated heterocycles. The zero-order valence-electron chi connectivity index (χ0n) is 20.7. The average Bonchev–Trinajstić information content (AvgIpc) is 2.93. The minimum absolute atomic E-state index is 0.00770. The summed E-state index contributed by atoms with van der Waals surface area (Å²) < 4.78 is 32.4. The van der Waals surface area contributed by atoms with Crippen LogP contribution in [0.2, 0.25) is 0 Å². The van der Waals surface area contributed by atoms with Crippen LogP contribution in [0, 0.1) is 10.1 Å². The summed E-state index contributed by atoms with van der Waals surface area (Å²) in [6, 6.07) is 14.8. The lowest BCUT2D eigenvalue weighted by molar-refractivity contribution is -0.387. The number of sulfonamides is 1. The fraction of sp³-hybridized carbons (Fsp3) is 0.208. The molecule has 0 unspecified atom stereocenters. The molecule has 40 heavy (non-hydrogen) atoms. The first kappa shape index (κ1) is 27.9. The van der Waals surface area contributed by atoms with E-state index in [1.54, 1.807) is 24.3 Å². The van der Waals surface area contributed by atoms with E-state index in [2.05, 4.69) is 10.3 Å². The largest absolute Gasteiger partial charge is 0.444 e. The van der Waals surface area contributed by atoms with Gasteiger partial charge in [0.1, 0.15) is 25.5 Å². The second kappa shape index (κ2) is 11.7. The van der Waals surface area contributed by atoms with Gasteiger partial charge in [0.2, 0.25) is 5.91 Å². The topological polar surface area (TPSA) is 191 Å². The molecule has 1 aliphatic heterocycles. The maximum atomic E-state index is 13.0. The van der Waals surface area contributed by atoms with E-state index in [4.69, 9.17) is 4.74 Å². The molecule has 1 N–H and O–H groups in total. The molecule has 0 atom stereocenters. The number of ether oxygens (including phenoxy) is 1. The lowest BCUT2D eigenvalue weighted by atomic mass is 10.2. The maximum Gasteiger partial charge on any atom is 0.413 e. The van der Waals surface area contributed by atoms with Crippen LogP contribution in [0.3, 0.4) is 0 Å². The number of rotatable bonds is 8. The zero-order chi connectivity index (χ0) is 28.9. The normalized spacial score (nSPS) is 13.6. The smallest absolute Gasteiger partial charge is 0.413 e. The third kappa shape index (κ3) is 6.29. The highest BCUT2D eigenvalue weighted by atomic mass is 32.2. The minimum atomic E-state index is -4.54. The van der Waals surface area contributed by atoms with Crippen molar-refractivity contribution in [3.05, 3.63) is 93.0 Å². The number of nitro groups is 1. The third-order valence-corrected chi connectivity index (χ3v) is 7.65. The average molecular weight is 571 g/mol. The molecule has 2 aromatic carbocycles. The van der Waals surface area contributed by atoms with Gasteiger partial charge in [-0.2, -0.15) is 4.98 Å². The Labute approximate surface area is 226 Å². The van der Waals surface area contributed by atoms with E-state index in [1.807, 2.05) is 6.07 Å². The van der Waals surface area contributed by atoms with Crippen LogP contribution >= 0.6 is 0 Å². The molecular formula is C24H22N6O9S. The Kier molecular flexibility index (Phi) is 8.18. The summed E-state index contributed by atoms with van der Waals surface area (Å²) in [5.74, 6) is -1.73. The summed E-state index contributed by atoms with van der Waals surface area (Å²) in [5, 5.41) is 13.6. The highest BCUT2D eigenvalue weighted by Gasteiger charge is 2.38. The number of anilines is 1. The Balaban J connectivity index is 1.35. The molecule has 1 aliphatic rings. The van der Waals surface area contributed by atoms with Crippen LogP contribution in [0.4, 0.5) is 16.3 Å². The Bertz CT molecular complexity index is 1620. The summed E-state index contributed by atoms with van der Waals surface area (Å²) in [4.78, 5) is 64.3. The molecule has 0 bridgehead atoms. The van der Waals surface area contributed by atoms with Crippen LogP contribution in [0.25, 0.3) is 0 Å². The summed E-state index contributed by atoms with van der Waals surface area (Å²) in [6.07, 6.45) is 0.383. The summed E-state index contributed by atoms with van der Waals surface area (Å²) in [7, 11) is -4.54. The number of piperazine rings is 1. The Morgan fingerprint density at radius 3 is 2.40 bits per heavy atom. The minimum Gasteiger partial charge on any atom is -0.444 e. The summed E-state index contributed by atoms with van der Waals surface area (Å²) in [6.45, 7) is -1.74. The first-order valence-corrected chi connectivity index (χ1v) is 13.1. The van der Waals surface area contributed by atoms with Crippen molar-refractivity contribution in [2.24, 2.45) is 0 Å². The molecule has 208 valence electrons. The molecule has 15 nitrogen and oxygen atoms in total. The second-order valence-electron chi connectivity index (χ2n) is 8.42. The zero-order valence-corrected chi connectivity index (χ0v) is 21.5. The van der Waals surface area contributed by atoms with Gasteiger partial charge in [0.05, 0.1) is 11.5 Å². The number of amides is 3. The van der Waals surface area contributed by atoms with Gasteiger partial charge in [-0.05, 0) is 17.7 Å². The van der Waals surface area contributed by atoms with Crippen LogP contribution < -0.4 is 11.0 Å². The number of nitro benzene ring substituents is 1. The molecule has 0 radical (unpaired) electrons. The van der Waals surface area contributed by atoms with Crippen molar-refractivity contribution < 1.29 is 32.5 Å². The van der Waals surface area contributed by atoms with Crippen LogP contribution in [0.1, 0.15) is 5.56 Å². The Morgan fingerprint density at radius 2 is 1.73 bits per heavy atom. The van der Waals surface area contributed by atoms with Crippen molar-refractivity contribution in [3.63, 3.8) is 0 Å². The van der Waals surface area contributed by atoms with Crippen molar-refractivity contribution >= 4 is 39.4 Å². The number of hydrogen-bond acceptors (Lipinski definition) is 10. The van der Waals surface area contributed by atoms with Crippen molar-refractivity contribution in [2.75, 3.05) is 25.0 Å². The van der Waals surface area contributed by atoms with Crippen molar-refractivity contribution in [1.29, 1.82) is 0 Å². The first-order valence-electron chi connectivity index (χ1n) is 11.7. The Morgan fingerprint density at radius 1 is 1.02 bits per heavy atom. The predicted molar refractivity (Wildman–Crippen MR) is 137 cm³/mol. The van der Waals surface area contributed by atoms with Crippen LogP contribution in [-0.2, 0) is 37.5 Å². The standard InChI is InChI=1S/C24H22N6O9S/c31-21(14-28-11-10-20(25-23(28)33)26-24(34)39-16-17-6-2-1-3-7-17)27-12-13-29(22(32)15-27)40(37,38)19-9-5-4-8-18(19)30(35)36/h1-11H,12-16H2,(H,25,26,33,34). The van der Waals surface area contributed by atoms with Gasteiger partial charge in [-0.15, -0.1) is 0 Å². The number of nitrogens with one attached hydrogen (secondary N) is 1. The van der Waals surface area contributed by atoms with Gasteiger partial charge in [0.15, 0.2) is 4.90 Å². The van der Waals surface area contributed by atoms with Gasteiger partial charge in [-0.25, -0.2) is 22.3 Å². The molecule has 3 amide bonds. The van der Waals surface area contributed by atoms with Crippen LogP contribution in [0.5, 0.6) is 0 Å². The molecule has 0 aliphatic carbocycles. The van der Waals surface area contributed by atoms with Gasteiger partial charge in [-0.1, -0.05) is 42.5 Å². The molecule has 4 rings (SSSR count). The van der Waals surface area contributed by atoms with Crippen molar-refractivity contribution in [3.8, 4) is 0 Å². The molecule has 1 aromatic heterocycles. The SMILES string of the molecule is O=C(Nc1ccn(CC(=O)N2CCN(S(=O)(=O)c3ccccc3[N+](=O)[O-])C(=O)C2)c(=O)n1)OCc1ccccc1. The van der Waals surface area contributed by atoms with Crippen LogP contribution in [-0.4, -0.2) is 69.6 Å². The number of para-hydroxylation sites is 1. The van der Waals surface area contributed by atoms with Gasteiger partial charge in [-0.3, -0.25) is 29.6 Å². The Hall–Kier alpha value is -5.12. The number of benzene rings is 2. The number of aromatic nitrogens is 2. The maximum absolute atomic E-state index is 13.0. The van der Waals surface area contributed by atoms with E-state index < -0.39 is 68.8 Å². The number of carbonyl (C=O) groups excluding carboxylic acids is 3. The molecule has 1 fully saturated rings. The summed E-state index contributed by atoms with van der Waals surface area (Å²) in [5.41, 5.74) is -0.779. The highest BCUT2D eigenvalue weighted by Crippen LogP contribution is 2.27. The molecule has 2 heterocycles. The van der Waals surface area contributed by atoms with E-state index in [-0.39, 0.29) is 19.0 Å². The molecular weight excluding hydrogens is 548 g/mol. The van der Waals surface area contributed by atoms with E-state index in [0.717, 1.165) is 27.2 Å². The van der Waals surface area contributed by atoms with Gasteiger partial charge >= 0.3 is 11.8 Å². The number of nitrogens with zero attached hydrogens (tertiary/aromatic N) is 5. The predicted octanol–water partition coefficient (Wildman–Crippen LogP) is 0.960. The molecule has 0 spiro atoms. The van der Waals surface area contributed by atoms with Gasteiger partial charge in [0, 0.05) is 18.8 Å². The summed E-state index contributed by atoms with van der Waals surface area (Å²) >= 11 is 0. The van der Waals surface area contributed by atoms with E-state index in [1.165, 1.54) is 24.4 Å². The first-order chi connectivity index (χ1) is 19.1. The van der Waals surface area contributed by atoms with Crippen LogP contribution in [0.15, 0.2) is 76.6 Å². The number of hydrogen-bond donors (Lipinski definition) is 1. The van der Waals surface area contributed by atoms with Gasteiger partial charge in [0.25, 0.3) is 21.6 Å². The molecule has 3 aromatic rings. The molecule has 0 saturated carbocycles. The third-order valence-electron chi connectivity index (χ3n) is 5.78. The second-order valence-corrected chi connectivity index (χ2v) is 10.3. The molecule has 16 heteroatoms. The quantitative estimate of drug-likeness (QED) is 0.301. The van der Waals surface area contributed by atoms with Gasteiger partial charge < -0.3 is 9.64 Å².